The number of nitrogens with one attached hydrogen (secondary N) is 1. The summed E-state index contributed by atoms with van der Waals surface area (Å²) in [6, 6.07) is 6.87. The van der Waals surface area contributed by atoms with Crippen molar-refractivity contribution in [3.63, 3.8) is 0 Å². The van der Waals surface area contributed by atoms with Crippen LogP contribution in [0, 0.1) is 0 Å². The van der Waals surface area contributed by atoms with Gasteiger partial charge in [0.2, 0.25) is 0 Å². The summed E-state index contributed by atoms with van der Waals surface area (Å²) in [6.45, 7) is 0.101. The van der Waals surface area contributed by atoms with Crippen LogP contribution in [0.3, 0.4) is 0 Å². The molecule has 0 atom stereocenters. The second-order valence-corrected chi connectivity index (χ2v) is 4.57. The molecule has 0 aliphatic heterocycles. The predicted molar refractivity (Wildman–Crippen MR) is 73.2 cm³/mol. The summed E-state index contributed by atoms with van der Waals surface area (Å²) in [7, 11) is 1.55. The summed E-state index contributed by atoms with van der Waals surface area (Å²) in [6.07, 6.45) is 0. The molecule has 0 unspecified atom stereocenters. The lowest BCUT2D eigenvalue weighted by atomic mass is 10.3. The molecule has 0 fully saturated rings. The molecule has 0 saturated heterocycles. The van der Waals surface area contributed by atoms with E-state index in [1.54, 1.807) is 13.2 Å². The van der Waals surface area contributed by atoms with Gasteiger partial charge in [0.15, 0.2) is 23.0 Å². The monoisotopic (exact) mass is 341 g/mol. The van der Waals surface area contributed by atoms with E-state index in [9.17, 15) is 4.79 Å². The Morgan fingerprint density at radius 1 is 1.55 bits per heavy atom. The number of aromatic nitrogens is 1. The summed E-state index contributed by atoms with van der Waals surface area (Å²) in [5.41, 5.74) is 2.05. The number of hydrogen-bond donors (Lipinski definition) is 2. The zero-order chi connectivity index (χ0) is 14.5. The normalized spacial score (nSPS) is 10.2. The Morgan fingerprint density at radius 3 is 3.05 bits per heavy atom. The predicted octanol–water partition coefficient (Wildman–Crippen LogP) is 1.63. The topological polar surface area (TPSA) is 99.6 Å². The molecule has 20 heavy (non-hydrogen) atoms. The van der Waals surface area contributed by atoms with Crippen molar-refractivity contribution in [2.45, 2.75) is 6.61 Å². The molecule has 2 rings (SSSR count). The van der Waals surface area contributed by atoms with Gasteiger partial charge >= 0.3 is 0 Å². The number of benzene rings is 1. The molecule has 3 N–H and O–H groups in total. The second-order valence-electron chi connectivity index (χ2n) is 3.71. The molecule has 106 valence electrons. The van der Waals surface area contributed by atoms with Crippen LogP contribution in [0.4, 0.5) is 0 Å². The minimum absolute atomic E-state index is 0.0881. The Bertz CT molecular complexity index is 614. The highest BCUT2D eigenvalue weighted by atomic mass is 79.9. The zero-order valence-corrected chi connectivity index (χ0v) is 12.1. The third-order valence-corrected chi connectivity index (χ3v) is 3.06. The van der Waals surface area contributed by atoms with Crippen molar-refractivity contribution in [2.24, 2.45) is 5.84 Å². The number of carbonyl (C=O) groups excluding carboxylic acids is 1. The Morgan fingerprint density at radius 2 is 2.35 bits per heavy atom. The molecular formula is C12H12BrN3O4. The zero-order valence-electron chi connectivity index (χ0n) is 10.6. The summed E-state index contributed by atoms with van der Waals surface area (Å²) >= 11 is 3.37. The third-order valence-electron chi connectivity index (χ3n) is 2.43. The number of halogens is 1. The Kier molecular flexibility index (Phi) is 4.59. The number of carbonyl (C=O) groups is 1. The molecule has 1 aromatic carbocycles. The quantitative estimate of drug-likeness (QED) is 0.487. The van der Waals surface area contributed by atoms with E-state index in [1.807, 2.05) is 17.6 Å². The second kappa shape index (κ2) is 6.40. The van der Waals surface area contributed by atoms with Gasteiger partial charge in [0.05, 0.1) is 11.6 Å². The molecule has 0 radical (unpaired) electrons. The van der Waals surface area contributed by atoms with Crippen LogP contribution >= 0.6 is 15.9 Å². The largest absolute Gasteiger partial charge is 0.493 e. The van der Waals surface area contributed by atoms with Crippen LogP contribution in [0.2, 0.25) is 0 Å². The number of hydrazine groups is 1. The Labute approximate surface area is 123 Å². The van der Waals surface area contributed by atoms with Crippen LogP contribution < -0.4 is 20.7 Å². The van der Waals surface area contributed by atoms with E-state index in [0.29, 0.717) is 17.3 Å². The highest BCUT2D eigenvalue weighted by Crippen LogP contribution is 2.35. The van der Waals surface area contributed by atoms with E-state index in [4.69, 9.17) is 19.8 Å². The van der Waals surface area contributed by atoms with E-state index >= 15 is 0 Å². The first-order valence-electron chi connectivity index (χ1n) is 5.57. The maximum Gasteiger partial charge on any atom is 0.287 e. The van der Waals surface area contributed by atoms with Crippen molar-refractivity contribution < 1.29 is 18.8 Å². The highest BCUT2D eigenvalue weighted by Gasteiger charge is 2.13. The number of nitrogen functional groups attached to an aromatic ring is 1. The first-order valence-corrected chi connectivity index (χ1v) is 6.37. The first kappa shape index (κ1) is 14.4. The standard InChI is InChI=1S/C12H12BrN3O4/c1-18-10-4-2-3-8(13)11(10)19-6-7-5-9(16-20-7)12(17)15-14/h2-5H,6,14H2,1H3,(H,15,17). The van der Waals surface area contributed by atoms with Gasteiger partial charge in [-0.2, -0.15) is 0 Å². The van der Waals surface area contributed by atoms with E-state index in [0.717, 1.165) is 4.47 Å². The molecule has 2 aromatic rings. The average molecular weight is 342 g/mol. The van der Waals surface area contributed by atoms with Gasteiger partial charge in [-0.1, -0.05) is 11.2 Å². The van der Waals surface area contributed by atoms with Crippen LogP contribution in [0.1, 0.15) is 16.2 Å². The maximum absolute atomic E-state index is 11.2. The fourth-order valence-corrected chi connectivity index (χ4v) is 1.96. The molecule has 0 bridgehead atoms. The van der Waals surface area contributed by atoms with Gasteiger partial charge in [-0.3, -0.25) is 10.2 Å². The number of nitrogens with two attached hydrogens (primary N) is 1. The molecule has 1 amide bonds. The summed E-state index contributed by atoms with van der Waals surface area (Å²) in [4.78, 5) is 11.2. The first-order chi connectivity index (χ1) is 9.65. The maximum atomic E-state index is 11.2. The highest BCUT2D eigenvalue weighted by molar-refractivity contribution is 9.10. The van der Waals surface area contributed by atoms with E-state index in [2.05, 4.69) is 21.1 Å². The lowest BCUT2D eigenvalue weighted by Crippen LogP contribution is -2.30. The van der Waals surface area contributed by atoms with Crippen LogP contribution in [0.15, 0.2) is 33.3 Å². The Hall–Kier alpha value is -2.06. The molecule has 0 aliphatic rings. The van der Waals surface area contributed by atoms with Gasteiger partial charge < -0.3 is 14.0 Å². The molecule has 8 heteroatoms. The van der Waals surface area contributed by atoms with Crippen LogP contribution in [0.5, 0.6) is 11.5 Å². The number of amides is 1. The van der Waals surface area contributed by atoms with Gasteiger partial charge in [-0.25, -0.2) is 5.84 Å². The number of methoxy groups -OCH3 is 1. The minimum Gasteiger partial charge on any atom is -0.493 e. The fraction of sp³-hybridized carbons (Fsp3) is 0.167. The minimum atomic E-state index is -0.529. The smallest absolute Gasteiger partial charge is 0.287 e. The van der Waals surface area contributed by atoms with Gasteiger partial charge in [0.25, 0.3) is 5.91 Å². The Balaban J connectivity index is 2.09. The van der Waals surface area contributed by atoms with Crippen molar-refractivity contribution in [1.82, 2.24) is 10.6 Å². The number of ether oxygens (including phenoxy) is 2. The van der Waals surface area contributed by atoms with Crippen molar-refractivity contribution in [3.8, 4) is 11.5 Å². The summed E-state index contributed by atoms with van der Waals surface area (Å²) in [5, 5.41) is 3.57. The van der Waals surface area contributed by atoms with Crippen molar-refractivity contribution >= 4 is 21.8 Å². The van der Waals surface area contributed by atoms with Gasteiger partial charge in [0.1, 0.15) is 6.61 Å². The van der Waals surface area contributed by atoms with E-state index in [1.165, 1.54) is 6.07 Å². The van der Waals surface area contributed by atoms with Gasteiger partial charge in [0, 0.05) is 6.07 Å². The summed E-state index contributed by atoms with van der Waals surface area (Å²) in [5.74, 6) is 5.98. The molecule has 0 spiro atoms. The molecular weight excluding hydrogens is 330 g/mol. The third kappa shape index (κ3) is 3.09. The molecule has 7 nitrogen and oxygen atoms in total. The summed E-state index contributed by atoms with van der Waals surface area (Å²) < 4.78 is 16.5. The van der Waals surface area contributed by atoms with E-state index < -0.39 is 5.91 Å². The fourth-order valence-electron chi connectivity index (χ4n) is 1.50. The average Bonchev–Trinajstić information content (AvgIpc) is 2.93. The molecule has 1 heterocycles. The van der Waals surface area contributed by atoms with Crippen molar-refractivity contribution in [3.05, 3.63) is 40.2 Å². The van der Waals surface area contributed by atoms with Crippen LogP contribution in [-0.2, 0) is 6.61 Å². The van der Waals surface area contributed by atoms with Gasteiger partial charge in [-0.15, -0.1) is 0 Å². The molecule has 1 aromatic heterocycles. The molecule has 0 aliphatic carbocycles. The van der Waals surface area contributed by atoms with Crippen LogP contribution in [0.25, 0.3) is 0 Å². The number of para-hydroxylation sites is 1. The number of hydrogen-bond acceptors (Lipinski definition) is 6. The van der Waals surface area contributed by atoms with Crippen molar-refractivity contribution in [1.29, 1.82) is 0 Å². The van der Waals surface area contributed by atoms with Crippen molar-refractivity contribution in [2.75, 3.05) is 7.11 Å². The molecule has 0 saturated carbocycles. The SMILES string of the molecule is COc1cccc(Br)c1OCc1cc(C(=O)NN)no1. The van der Waals surface area contributed by atoms with Gasteiger partial charge in [-0.05, 0) is 28.1 Å². The number of rotatable bonds is 5. The van der Waals surface area contributed by atoms with E-state index in [-0.39, 0.29) is 12.3 Å². The lowest BCUT2D eigenvalue weighted by Gasteiger charge is -2.10. The number of nitrogens with zero attached hydrogens (tertiary/aromatic N) is 1. The lowest BCUT2D eigenvalue weighted by molar-refractivity contribution is 0.0944. The van der Waals surface area contributed by atoms with Crippen LogP contribution in [-0.4, -0.2) is 18.2 Å².